The van der Waals surface area contributed by atoms with E-state index in [-0.39, 0.29) is 23.5 Å². The van der Waals surface area contributed by atoms with Crippen LogP contribution in [0.25, 0.3) is 0 Å². The highest BCUT2D eigenvalue weighted by molar-refractivity contribution is 5.82. The fraction of sp³-hybridized carbons (Fsp3) is 0.650. The first-order valence-corrected chi connectivity index (χ1v) is 9.26. The van der Waals surface area contributed by atoms with Crippen LogP contribution in [0, 0.1) is 5.41 Å². The molecule has 0 spiro atoms. The molecule has 2 unspecified atom stereocenters. The Bertz CT molecular complexity index is 532. The smallest absolute Gasteiger partial charge is 0.226 e. The van der Waals surface area contributed by atoms with Gasteiger partial charge in [-0.2, -0.15) is 0 Å². The van der Waals surface area contributed by atoms with Crippen LogP contribution in [0.5, 0.6) is 0 Å². The average molecular weight is 330 g/mol. The molecule has 3 rings (SSSR count). The van der Waals surface area contributed by atoms with Gasteiger partial charge in [0.15, 0.2) is 0 Å². The molecule has 0 bridgehead atoms. The summed E-state index contributed by atoms with van der Waals surface area (Å²) < 4.78 is 5.70. The SMILES string of the molecule is CC(NC(=O)C1(C)CCN(Cc2ccccc2)CC1)C1CCCO1. The molecule has 132 valence electrons. The summed E-state index contributed by atoms with van der Waals surface area (Å²) in [6.07, 6.45) is 4.20. The molecule has 2 heterocycles. The van der Waals surface area contributed by atoms with Crippen molar-refractivity contribution in [3.05, 3.63) is 35.9 Å². The third kappa shape index (κ3) is 4.17. The molecule has 2 atom stereocenters. The highest BCUT2D eigenvalue weighted by Gasteiger charge is 2.38. The lowest BCUT2D eigenvalue weighted by molar-refractivity contribution is -0.134. The second-order valence-electron chi connectivity index (χ2n) is 7.64. The van der Waals surface area contributed by atoms with Gasteiger partial charge in [0.1, 0.15) is 0 Å². The van der Waals surface area contributed by atoms with Gasteiger partial charge in [0.2, 0.25) is 5.91 Å². The summed E-state index contributed by atoms with van der Waals surface area (Å²) in [5, 5.41) is 3.21. The van der Waals surface area contributed by atoms with Crippen molar-refractivity contribution in [1.29, 1.82) is 0 Å². The molecule has 0 aliphatic carbocycles. The van der Waals surface area contributed by atoms with Crippen molar-refractivity contribution in [2.24, 2.45) is 5.41 Å². The van der Waals surface area contributed by atoms with Crippen LogP contribution < -0.4 is 5.32 Å². The van der Waals surface area contributed by atoms with Crippen molar-refractivity contribution in [2.75, 3.05) is 19.7 Å². The largest absolute Gasteiger partial charge is 0.376 e. The van der Waals surface area contributed by atoms with E-state index in [0.717, 1.165) is 51.9 Å². The van der Waals surface area contributed by atoms with E-state index in [2.05, 4.69) is 54.4 Å². The van der Waals surface area contributed by atoms with Crippen molar-refractivity contribution >= 4 is 5.91 Å². The minimum absolute atomic E-state index is 0.110. The first kappa shape index (κ1) is 17.4. The summed E-state index contributed by atoms with van der Waals surface area (Å²) in [5.74, 6) is 0.199. The van der Waals surface area contributed by atoms with Gasteiger partial charge in [-0.1, -0.05) is 37.3 Å². The molecule has 2 aliphatic rings. The minimum Gasteiger partial charge on any atom is -0.376 e. The molecule has 0 radical (unpaired) electrons. The standard InChI is InChI=1S/C20H30N2O2/c1-16(18-9-6-14-24-18)21-19(23)20(2)10-12-22(13-11-20)15-17-7-4-3-5-8-17/h3-5,7-8,16,18H,6,9-15H2,1-2H3,(H,21,23). The van der Waals surface area contributed by atoms with E-state index in [1.165, 1.54) is 5.56 Å². The number of benzene rings is 1. The molecule has 2 saturated heterocycles. The molecule has 1 amide bonds. The minimum atomic E-state index is -0.250. The van der Waals surface area contributed by atoms with Gasteiger partial charge in [-0.25, -0.2) is 0 Å². The zero-order valence-electron chi connectivity index (χ0n) is 15.0. The highest BCUT2D eigenvalue weighted by Crippen LogP contribution is 2.32. The topological polar surface area (TPSA) is 41.6 Å². The molecule has 1 N–H and O–H groups in total. The molecule has 2 aliphatic heterocycles. The Balaban J connectivity index is 1.49. The van der Waals surface area contributed by atoms with Crippen molar-refractivity contribution in [1.82, 2.24) is 10.2 Å². The van der Waals surface area contributed by atoms with Crippen molar-refractivity contribution < 1.29 is 9.53 Å². The van der Waals surface area contributed by atoms with E-state index in [1.54, 1.807) is 0 Å². The summed E-state index contributed by atoms with van der Waals surface area (Å²) in [5.41, 5.74) is 1.10. The molecular formula is C20H30N2O2. The van der Waals surface area contributed by atoms with Gasteiger partial charge in [-0.3, -0.25) is 9.69 Å². The number of carbonyl (C=O) groups excluding carboxylic acids is 1. The Morgan fingerprint density at radius 1 is 1.33 bits per heavy atom. The molecule has 0 aromatic heterocycles. The Kier molecular flexibility index (Phi) is 5.57. The van der Waals surface area contributed by atoms with Crippen molar-refractivity contribution in [3.63, 3.8) is 0 Å². The number of carbonyl (C=O) groups is 1. The summed E-state index contributed by atoms with van der Waals surface area (Å²) in [4.78, 5) is 15.2. The first-order valence-electron chi connectivity index (χ1n) is 9.26. The number of nitrogens with zero attached hydrogens (tertiary/aromatic N) is 1. The number of amides is 1. The fourth-order valence-electron chi connectivity index (χ4n) is 3.74. The van der Waals surface area contributed by atoms with Crippen LogP contribution in [0.3, 0.4) is 0 Å². The maximum absolute atomic E-state index is 12.8. The Morgan fingerprint density at radius 2 is 2.04 bits per heavy atom. The zero-order valence-corrected chi connectivity index (χ0v) is 15.0. The van der Waals surface area contributed by atoms with Gasteiger partial charge in [0.05, 0.1) is 12.1 Å². The zero-order chi connectivity index (χ0) is 17.0. The van der Waals surface area contributed by atoms with E-state index in [0.29, 0.717) is 0 Å². The molecule has 1 aromatic carbocycles. The molecular weight excluding hydrogens is 300 g/mol. The molecule has 1 aromatic rings. The van der Waals surface area contributed by atoms with Crippen LogP contribution in [-0.4, -0.2) is 42.6 Å². The van der Waals surface area contributed by atoms with Gasteiger partial charge >= 0.3 is 0 Å². The van der Waals surface area contributed by atoms with E-state index in [4.69, 9.17) is 4.74 Å². The second-order valence-corrected chi connectivity index (χ2v) is 7.64. The second kappa shape index (κ2) is 7.66. The van der Waals surface area contributed by atoms with Crippen LogP contribution >= 0.6 is 0 Å². The molecule has 2 fully saturated rings. The summed E-state index contributed by atoms with van der Waals surface area (Å²) >= 11 is 0. The third-order valence-electron chi connectivity index (χ3n) is 5.64. The van der Waals surface area contributed by atoms with Crippen LogP contribution in [0.4, 0.5) is 0 Å². The number of ether oxygens (including phenoxy) is 1. The van der Waals surface area contributed by atoms with Gasteiger partial charge in [-0.15, -0.1) is 0 Å². The van der Waals surface area contributed by atoms with Crippen LogP contribution in [-0.2, 0) is 16.1 Å². The number of likely N-dealkylation sites (tertiary alicyclic amines) is 1. The van der Waals surface area contributed by atoms with Crippen LogP contribution in [0.15, 0.2) is 30.3 Å². The number of hydrogen-bond acceptors (Lipinski definition) is 3. The predicted octanol–water partition coefficient (Wildman–Crippen LogP) is 2.97. The Morgan fingerprint density at radius 3 is 2.67 bits per heavy atom. The fourth-order valence-corrected chi connectivity index (χ4v) is 3.74. The lowest BCUT2D eigenvalue weighted by Gasteiger charge is -2.39. The molecule has 4 nitrogen and oxygen atoms in total. The van der Waals surface area contributed by atoms with Crippen LogP contribution in [0.1, 0.15) is 45.1 Å². The van der Waals surface area contributed by atoms with Gasteiger partial charge < -0.3 is 10.1 Å². The molecule has 24 heavy (non-hydrogen) atoms. The maximum atomic E-state index is 12.8. The Hall–Kier alpha value is -1.39. The van der Waals surface area contributed by atoms with Crippen molar-refractivity contribution in [2.45, 2.75) is 58.2 Å². The normalized spacial score (nSPS) is 25.3. The molecule has 4 heteroatoms. The third-order valence-corrected chi connectivity index (χ3v) is 5.64. The summed E-state index contributed by atoms with van der Waals surface area (Å²) in [6.45, 7) is 7.95. The quantitative estimate of drug-likeness (QED) is 0.902. The number of hydrogen-bond donors (Lipinski definition) is 1. The first-order chi connectivity index (χ1) is 11.6. The van der Waals surface area contributed by atoms with Gasteiger partial charge in [0.25, 0.3) is 0 Å². The number of rotatable bonds is 5. The number of piperidine rings is 1. The van der Waals surface area contributed by atoms with Crippen LogP contribution in [0.2, 0.25) is 0 Å². The summed E-state index contributed by atoms with van der Waals surface area (Å²) in [6, 6.07) is 10.7. The predicted molar refractivity (Wildman–Crippen MR) is 95.6 cm³/mol. The Labute approximate surface area is 145 Å². The van der Waals surface area contributed by atoms with Gasteiger partial charge in [-0.05, 0) is 51.3 Å². The average Bonchev–Trinajstić information content (AvgIpc) is 3.13. The number of nitrogens with one attached hydrogen (secondary N) is 1. The summed E-state index contributed by atoms with van der Waals surface area (Å²) in [7, 11) is 0. The van der Waals surface area contributed by atoms with Gasteiger partial charge in [0, 0.05) is 18.6 Å². The monoisotopic (exact) mass is 330 g/mol. The van der Waals surface area contributed by atoms with Crippen molar-refractivity contribution in [3.8, 4) is 0 Å². The highest BCUT2D eigenvalue weighted by atomic mass is 16.5. The lowest BCUT2D eigenvalue weighted by atomic mass is 9.79. The van der Waals surface area contributed by atoms with E-state index in [1.807, 2.05) is 0 Å². The van der Waals surface area contributed by atoms with E-state index < -0.39 is 0 Å². The molecule has 0 saturated carbocycles. The van der Waals surface area contributed by atoms with E-state index in [9.17, 15) is 4.79 Å². The lowest BCUT2D eigenvalue weighted by Crippen LogP contribution is -2.51. The van der Waals surface area contributed by atoms with E-state index >= 15 is 0 Å². The maximum Gasteiger partial charge on any atom is 0.226 e.